The third-order valence-corrected chi connectivity index (χ3v) is 4.43. The van der Waals surface area contributed by atoms with Crippen LogP contribution in [0.2, 0.25) is 0 Å². The molecule has 5 nitrogen and oxygen atoms in total. The zero-order valence-corrected chi connectivity index (χ0v) is 14.4. The minimum Gasteiger partial charge on any atom is -0.497 e. The Kier molecular flexibility index (Phi) is 5.72. The van der Waals surface area contributed by atoms with Crippen molar-refractivity contribution in [2.24, 2.45) is 4.99 Å². The fraction of sp³-hybridized carbons (Fsp3) is 0.353. The second-order valence-electron chi connectivity index (χ2n) is 5.02. The van der Waals surface area contributed by atoms with Crippen LogP contribution in [0.3, 0.4) is 0 Å². The third kappa shape index (κ3) is 4.08. The van der Waals surface area contributed by atoms with Crippen LogP contribution in [0, 0.1) is 18.3 Å². The smallest absolute Gasteiger partial charge is 0.133 e. The number of aryl methyl sites for hydroxylation is 1. The molecule has 6 heteroatoms. The lowest BCUT2D eigenvalue weighted by molar-refractivity contribution is 0.396. The summed E-state index contributed by atoms with van der Waals surface area (Å²) in [5.74, 6) is 1.05. The van der Waals surface area contributed by atoms with E-state index in [9.17, 15) is 5.26 Å². The first-order valence-corrected chi connectivity index (χ1v) is 8.03. The first kappa shape index (κ1) is 17.0. The van der Waals surface area contributed by atoms with E-state index in [4.69, 9.17) is 9.47 Å². The number of rotatable bonds is 6. The molecule has 0 fully saturated rings. The summed E-state index contributed by atoms with van der Waals surface area (Å²) in [5, 5.41) is 12.0. The van der Waals surface area contributed by atoms with E-state index in [0.717, 1.165) is 27.8 Å². The maximum atomic E-state index is 9.34. The predicted molar refractivity (Wildman–Crippen MR) is 91.7 cm³/mol. The molecular formula is C17H19N3O2S. The summed E-state index contributed by atoms with van der Waals surface area (Å²) in [7, 11) is 3.24. The lowest BCUT2D eigenvalue weighted by Gasteiger charge is -2.14. The highest BCUT2D eigenvalue weighted by Crippen LogP contribution is 2.31. The summed E-state index contributed by atoms with van der Waals surface area (Å²) in [6.45, 7) is 3.87. The van der Waals surface area contributed by atoms with Gasteiger partial charge in [0.1, 0.15) is 22.4 Å². The maximum Gasteiger partial charge on any atom is 0.133 e. The molecule has 0 unspecified atom stereocenters. The third-order valence-electron chi connectivity index (χ3n) is 3.39. The minimum absolute atomic E-state index is 0.156. The molecule has 2 rings (SSSR count). The Labute approximate surface area is 140 Å². The molecule has 1 aromatic heterocycles. The summed E-state index contributed by atoms with van der Waals surface area (Å²) >= 11 is 1.47. The van der Waals surface area contributed by atoms with Gasteiger partial charge in [0, 0.05) is 22.9 Å². The number of nitrogens with zero attached hydrogens (tertiary/aromatic N) is 3. The Morgan fingerprint density at radius 1 is 1.35 bits per heavy atom. The summed E-state index contributed by atoms with van der Waals surface area (Å²) in [4.78, 5) is 8.87. The highest BCUT2D eigenvalue weighted by Gasteiger charge is 2.15. The van der Waals surface area contributed by atoms with Gasteiger partial charge in [0.05, 0.1) is 26.3 Å². The average molecular weight is 329 g/mol. The van der Waals surface area contributed by atoms with Gasteiger partial charge in [-0.1, -0.05) is 0 Å². The number of ether oxygens (including phenoxy) is 2. The zero-order valence-electron chi connectivity index (χ0n) is 13.6. The Hall–Kier alpha value is -2.39. The van der Waals surface area contributed by atoms with E-state index >= 15 is 0 Å². The molecule has 0 saturated carbocycles. The van der Waals surface area contributed by atoms with E-state index < -0.39 is 5.92 Å². The molecule has 0 aliphatic heterocycles. The van der Waals surface area contributed by atoms with Crippen LogP contribution in [-0.4, -0.2) is 25.4 Å². The Morgan fingerprint density at radius 3 is 2.70 bits per heavy atom. The summed E-state index contributed by atoms with van der Waals surface area (Å²) < 4.78 is 10.6. The summed E-state index contributed by atoms with van der Waals surface area (Å²) in [5.41, 5.74) is 1.83. The van der Waals surface area contributed by atoms with Crippen LogP contribution in [0.1, 0.15) is 35.1 Å². The van der Waals surface area contributed by atoms with Crippen LogP contribution in [-0.2, 0) is 0 Å². The number of hydrogen-bond donors (Lipinski definition) is 0. The Morgan fingerprint density at radius 2 is 2.13 bits per heavy atom. The highest BCUT2D eigenvalue weighted by molar-refractivity contribution is 7.09. The van der Waals surface area contributed by atoms with E-state index in [1.807, 2.05) is 37.4 Å². The van der Waals surface area contributed by atoms with Gasteiger partial charge in [-0.05, 0) is 32.0 Å². The molecule has 2 aromatic rings. The van der Waals surface area contributed by atoms with Crippen LogP contribution in [0.25, 0.3) is 0 Å². The molecule has 2 atom stereocenters. The predicted octanol–water partition coefficient (Wildman–Crippen LogP) is 3.91. The van der Waals surface area contributed by atoms with Gasteiger partial charge >= 0.3 is 0 Å². The molecule has 0 radical (unpaired) electrons. The van der Waals surface area contributed by atoms with Gasteiger partial charge in [-0.3, -0.25) is 4.99 Å². The van der Waals surface area contributed by atoms with Gasteiger partial charge in [-0.2, -0.15) is 5.26 Å². The number of methoxy groups -OCH3 is 2. The lowest BCUT2D eigenvalue weighted by atomic mass is 10.1. The van der Waals surface area contributed by atoms with Crippen molar-refractivity contribution in [3.05, 3.63) is 39.8 Å². The van der Waals surface area contributed by atoms with E-state index in [-0.39, 0.29) is 6.04 Å². The number of aromatic nitrogens is 1. The molecule has 1 aromatic carbocycles. The van der Waals surface area contributed by atoms with Crippen LogP contribution in [0.5, 0.6) is 11.5 Å². The summed E-state index contributed by atoms with van der Waals surface area (Å²) in [6, 6.07) is 7.67. The lowest BCUT2D eigenvalue weighted by Crippen LogP contribution is -2.01. The molecule has 0 aliphatic carbocycles. The Bertz CT molecular complexity index is 734. The number of thiazole rings is 1. The first-order chi connectivity index (χ1) is 11.1. The van der Waals surface area contributed by atoms with E-state index in [2.05, 4.69) is 16.0 Å². The normalized spacial score (nSPS) is 13.5. The molecule has 0 amide bonds. The Balaban J connectivity index is 2.23. The second-order valence-corrected chi connectivity index (χ2v) is 5.91. The molecule has 0 aliphatic rings. The van der Waals surface area contributed by atoms with E-state index in [0.29, 0.717) is 0 Å². The molecule has 23 heavy (non-hydrogen) atoms. The van der Waals surface area contributed by atoms with Crippen LogP contribution >= 0.6 is 11.3 Å². The van der Waals surface area contributed by atoms with Crippen molar-refractivity contribution in [3.8, 4) is 17.6 Å². The maximum absolute atomic E-state index is 9.34. The molecular weight excluding hydrogens is 310 g/mol. The van der Waals surface area contributed by atoms with Gasteiger partial charge in [0.2, 0.25) is 0 Å². The molecule has 0 N–H and O–H groups in total. The zero-order chi connectivity index (χ0) is 16.8. The van der Waals surface area contributed by atoms with Gasteiger partial charge in [-0.25, -0.2) is 4.98 Å². The van der Waals surface area contributed by atoms with Crippen LogP contribution in [0.4, 0.5) is 0 Å². The van der Waals surface area contributed by atoms with Gasteiger partial charge in [0.25, 0.3) is 0 Å². The van der Waals surface area contributed by atoms with Gasteiger partial charge in [0.15, 0.2) is 0 Å². The topological polar surface area (TPSA) is 67.5 Å². The molecule has 0 spiro atoms. The van der Waals surface area contributed by atoms with Crippen molar-refractivity contribution >= 4 is 17.6 Å². The SMILES string of the molecule is COc1ccc(OC)c([C@H](C)N=C[C@H](C#N)c2nc(C)cs2)c1. The fourth-order valence-corrected chi connectivity index (χ4v) is 2.93. The molecule has 120 valence electrons. The minimum atomic E-state index is -0.437. The van der Waals surface area contributed by atoms with Crippen molar-refractivity contribution in [2.45, 2.75) is 25.8 Å². The largest absolute Gasteiger partial charge is 0.497 e. The number of benzene rings is 1. The van der Waals surface area contributed by atoms with E-state index in [1.165, 1.54) is 11.3 Å². The summed E-state index contributed by atoms with van der Waals surface area (Å²) in [6.07, 6.45) is 1.65. The van der Waals surface area contributed by atoms with Crippen molar-refractivity contribution in [3.63, 3.8) is 0 Å². The van der Waals surface area contributed by atoms with Crippen molar-refractivity contribution in [1.29, 1.82) is 5.26 Å². The van der Waals surface area contributed by atoms with Gasteiger partial charge < -0.3 is 9.47 Å². The van der Waals surface area contributed by atoms with Crippen molar-refractivity contribution in [1.82, 2.24) is 4.98 Å². The van der Waals surface area contributed by atoms with Crippen molar-refractivity contribution < 1.29 is 9.47 Å². The second kappa shape index (κ2) is 7.75. The van der Waals surface area contributed by atoms with Gasteiger partial charge in [-0.15, -0.1) is 11.3 Å². The number of nitriles is 1. The van der Waals surface area contributed by atoms with Crippen LogP contribution < -0.4 is 9.47 Å². The van der Waals surface area contributed by atoms with Crippen LogP contribution in [0.15, 0.2) is 28.6 Å². The van der Waals surface area contributed by atoms with Crippen molar-refractivity contribution in [2.75, 3.05) is 14.2 Å². The highest BCUT2D eigenvalue weighted by atomic mass is 32.1. The quantitative estimate of drug-likeness (QED) is 0.754. The van der Waals surface area contributed by atoms with E-state index in [1.54, 1.807) is 20.4 Å². The standard InChI is InChI=1S/C17H19N3O2S/c1-11-10-23-17(20-11)13(8-18)9-19-12(2)15-7-14(21-3)5-6-16(15)22-4/h5-7,9-10,12-13H,1-4H3/t12-,13-/m0/s1. The average Bonchev–Trinajstić information content (AvgIpc) is 3.00. The molecule has 0 saturated heterocycles. The number of aliphatic imine (C=N–C) groups is 1. The molecule has 1 heterocycles. The first-order valence-electron chi connectivity index (χ1n) is 7.16. The monoisotopic (exact) mass is 329 g/mol. The number of hydrogen-bond acceptors (Lipinski definition) is 6. The molecule has 0 bridgehead atoms. The fourth-order valence-electron chi connectivity index (χ4n) is 2.13.